The molecule has 0 bridgehead atoms. The molecule has 3 aromatic rings. The fourth-order valence-electron chi connectivity index (χ4n) is 2.22. The third-order valence-corrected chi connectivity index (χ3v) is 3.72. The van der Waals surface area contributed by atoms with Gasteiger partial charge >= 0.3 is 0 Å². The number of halogens is 1. The summed E-state index contributed by atoms with van der Waals surface area (Å²) in [6.45, 7) is 0. The molecule has 0 atom stereocenters. The van der Waals surface area contributed by atoms with Crippen LogP contribution in [-0.2, 0) is 0 Å². The van der Waals surface area contributed by atoms with E-state index in [0.717, 1.165) is 18.4 Å². The summed E-state index contributed by atoms with van der Waals surface area (Å²) in [5.41, 5.74) is 2.24. The highest BCUT2D eigenvalue weighted by atomic mass is 35.5. The van der Waals surface area contributed by atoms with Gasteiger partial charge in [0.05, 0.1) is 6.20 Å². The Bertz CT molecular complexity index is 902. The van der Waals surface area contributed by atoms with Crippen LogP contribution in [0.25, 0.3) is 22.4 Å². The molecule has 1 aliphatic carbocycles. The Kier molecular flexibility index (Phi) is 3.04. The molecule has 2 heterocycles. The molecular weight excluding hydrogens is 302 g/mol. The molecule has 2 aromatic heterocycles. The normalized spacial score (nSPS) is 14.2. The van der Waals surface area contributed by atoms with E-state index < -0.39 is 0 Å². The van der Waals surface area contributed by atoms with Crippen molar-refractivity contribution in [1.29, 1.82) is 0 Å². The number of H-pyrrole nitrogens is 1. The number of rotatable bonds is 3. The number of hydrogen-bond donors (Lipinski definition) is 2. The predicted molar refractivity (Wildman–Crippen MR) is 85.0 cm³/mol. The Hall–Kier alpha value is -2.47. The van der Waals surface area contributed by atoms with Gasteiger partial charge in [0, 0.05) is 16.6 Å². The summed E-state index contributed by atoms with van der Waals surface area (Å²) in [7, 11) is 0. The topological polar surface area (TPSA) is 83.6 Å². The number of nitrogens with one attached hydrogen (secondary N) is 2. The first-order valence-electron chi connectivity index (χ1n) is 6.98. The lowest BCUT2D eigenvalue weighted by Crippen LogP contribution is -2.11. The number of anilines is 1. The Morgan fingerprint density at radius 2 is 1.95 bits per heavy atom. The van der Waals surface area contributed by atoms with Crippen molar-refractivity contribution >= 4 is 28.7 Å². The van der Waals surface area contributed by atoms with E-state index in [1.54, 1.807) is 12.1 Å². The second kappa shape index (κ2) is 5.06. The van der Waals surface area contributed by atoms with Crippen molar-refractivity contribution in [2.24, 2.45) is 0 Å². The van der Waals surface area contributed by atoms with Gasteiger partial charge in [-0.05, 0) is 25.0 Å². The molecule has 0 unspecified atom stereocenters. The summed E-state index contributed by atoms with van der Waals surface area (Å²) in [5, 5.41) is 3.90. The zero-order valence-corrected chi connectivity index (χ0v) is 12.3. The molecule has 0 radical (unpaired) electrons. The van der Waals surface area contributed by atoms with E-state index in [-0.39, 0.29) is 5.56 Å². The van der Waals surface area contributed by atoms with E-state index in [0.29, 0.717) is 33.9 Å². The Labute approximate surface area is 130 Å². The van der Waals surface area contributed by atoms with Crippen molar-refractivity contribution in [2.45, 2.75) is 18.9 Å². The third kappa shape index (κ3) is 2.53. The fraction of sp³-hybridized carbons (Fsp3) is 0.200. The Balaban J connectivity index is 1.93. The zero-order chi connectivity index (χ0) is 15.1. The zero-order valence-electron chi connectivity index (χ0n) is 11.5. The molecule has 0 spiro atoms. The summed E-state index contributed by atoms with van der Waals surface area (Å²) in [5.74, 6) is 0.503. The molecule has 0 aliphatic heterocycles. The fourth-order valence-corrected chi connectivity index (χ4v) is 2.35. The average molecular weight is 314 g/mol. The summed E-state index contributed by atoms with van der Waals surface area (Å²) >= 11 is 5.94. The maximum Gasteiger partial charge on any atom is 0.268 e. The van der Waals surface area contributed by atoms with Crippen LogP contribution in [0.15, 0.2) is 35.3 Å². The monoisotopic (exact) mass is 313 g/mol. The lowest BCUT2D eigenvalue weighted by atomic mass is 10.1. The predicted octanol–water partition coefficient (Wildman–Crippen LogP) is 2.61. The van der Waals surface area contributed by atoms with Crippen LogP contribution in [-0.4, -0.2) is 26.0 Å². The number of benzene rings is 1. The number of nitrogens with zero attached hydrogens (tertiary/aromatic N) is 3. The molecule has 1 saturated carbocycles. The number of aromatic nitrogens is 4. The van der Waals surface area contributed by atoms with Crippen molar-refractivity contribution in [3.8, 4) is 11.3 Å². The van der Waals surface area contributed by atoms with Crippen LogP contribution >= 0.6 is 11.6 Å². The molecule has 0 amide bonds. The van der Waals surface area contributed by atoms with Gasteiger partial charge in [0.15, 0.2) is 5.65 Å². The molecule has 1 fully saturated rings. The lowest BCUT2D eigenvalue weighted by Gasteiger charge is -2.09. The second-order valence-corrected chi connectivity index (χ2v) is 5.70. The van der Waals surface area contributed by atoms with Gasteiger partial charge in [-0.3, -0.25) is 4.79 Å². The van der Waals surface area contributed by atoms with E-state index >= 15 is 0 Å². The third-order valence-electron chi connectivity index (χ3n) is 3.46. The average Bonchev–Trinajstić information content (AvgIpc) is 3.31. The van der Waals surface area contributed by atoms with Crippen LogP contribution in [0, 0.1) is 0 Å². The number of fused-ring (bicyclic) bond motifs is 1. The van der Waals surface area contributed by atoms with Crippen molar-refractivity contribution in [3.05, 3.63) is 45.8 Å². The van der Waals surface area contributed by atoms with Gasteiger partial charge in [-0.1, -0.05) is 23.7 Å². The van der Waals surface area contributed by atoms with Gasteiger partial charge in [0.2, 0.25) is 5.95 Å². The first-order chi connectivity index (χ1) is 10.7. The SMILES string of the molecule is O=c1cnc2c(-c3ccc(Cl)cc3)nc(NC3CC3)nc2[nH]1. The van der Waals surface area contributed by atoms with Gasteiger partial charge in [0.1, 0.15) is 11.2 Å². The highest BCUT2D eigenvalue weighted by Gasteiger charge is 2.23. The van der Waals surface area contributed by atoms with Crippen molar-refractivity contribution < 1.29 is 0 Å². The maximum absolute atomic E-state index is 11.5. The van der Waals surface area contributed by atoms with Crippen molar-refractivity contribution in [2.75, 3.05) is 5.32 Å². The molecule has 7 heteroatoms. The van der Waals surface area contributed by atoms with E-state index in [4.69, 9.17) is 11.6 Å². The van der Waals surface area contributed by atoms with E-state index in [9.17, 15) is 4.79 Å². The molecular formula is C15H12ClN5O. The smallest absolute Gasteiger partial charge is 0.268 e. The molecule has 4 rings (SSSR count). The van der Waals surface area contributed by atoms with Crippen molar-refractivity contribution in [3.63, 3.8) is 0 Å². The van der Waals surface area contributed by atoms with Gasteiger partial charge in [-0.15, -0.1) is 0 Å². The minimum Gasteiger partial charge on any atom is -0.351 e. The number of hydrogen-bond acceptors (Lipinski definition) is 5. The van der Waals surface area contributed by atoms with Crippen LogP contribution in [0.5, 0.6) is 0 Å². The van der Waals surface area contributed by atoms with Crippen LogP contribution in [0.4, 0.5) is 5.95 Å². The second-order valence-electron chi connectivity index (χ2n) is 5.27. The van der Waals surface area contributed by atoms with Crippen LogP contribution in [0.2, 0.25) is 5.02 Å². The first-order valence-corrected chi connectivity index (χ1v) is 7.36. The van der Waals surface area contributed by atoms with Gasteiger partial charge < -0.3 is 10.3 Å². The van der Waals surface area contributed by atoms with E-state index in [1.807, 2.05) is 12.1 Å². The quantitative estimate of drug-likeness (QED) is 0.776. The minimum absolute atomic E-state index is 0.286. The summed E-state index contributed by atoms with van der Waals surface area (Å²) < 4.78 is 0. The molecule has 110 valence electrons. The van der Waals surface area contributed by atoms with Gasteiger partial charge in [-0.25, -0.2) is 9.97 Å². The van der Waals surface area contributed by atoms with Gasteiger partial charge in [-0.2, -0.15) is 4.98 Å². The van der Waals surface area contributed by atoms with E-state index in [1.165, 1.54) is 6.20 Å². The van der Waals surface area contributed by atoms with Crippen LogP contribution < -0.4 is 10.9 Å². The largest absolute Gasteiger partial charge is 0.351 e. The molecule has 6 nitrogen and oxygen atoms in total. The highest BCUT2D eigenvalue weighted by Crippen LogP contribution is 2.28. The van der Waals surface area contributed by atoms with Crippen LogP contribution in [0.1, 0.15) is 12.8 Å². The summed E-state index contributed by atoms with van der Waals surface area (Å²) in [6.07, 6.45) is 3.46. The number of aromatic amines is 1. The molecule has 2 N–H and O–H groups in total. The van der Waals surface area contributed by atoms with Gasteiger partial charge in [0.25, 0.3) is 5.56 Å². The molecule has 1 aromatic carbocycles. The first kappa shape index (κ1) is 13.2. The van der Waals surface area contributed by atoms with Crippen molar-refractivity contribution in [1.82, 2.24) is 19.9 Å². The highest BCUT2D eigenvalue weighted by molar-refractivity contribution is 6.30. The van der Waals surface area contributed by atoms with Crippen LogP contribution in [0.3, 0.4) is 0 Å². The Morgan fingerprint density at radius 3 is 2.68 bits per heavy atom. The minimum atomic E-state index is -0.286. The molecule has 1 aliphatic rings. The molecule has 22 heavy (non-hydrogen) atoms. The van der Waals surface area contributed by atoms with E-state index in [2.05, 4.69) is 25.3 Å². The molecule has 0 saturated heterocycles. The summed E-state index contributed by atoms with van der Waals surface area (Å²) in [6, 6.07) is 7.75. The lowest BCUT2D eigenvalue weighted by molar-refractivity contribution is 1.05. The standard InChI is InChI=1S/C15H12ClN5O/c16-9-3-1-8(2-4-9)12-13-14(19-11(22)7-17-13)21-15(20-12)18-10-5-6-10/h1-4,7,10H,5-6H2,(H2,18,19,20,21,22). The summed E-state index contributed by atoms with van der Waals surface area (Å²) in [4.78, 5) is 27.3. The Morgan fingerprint density at radius 1 is 1.18 bits per heavy atom. The maximum atomic E-state index is 11.5.